The summed E-state index contributed by atoms with van der Waals surface area (Å²) in [6.45, 7) is 3.75. The molecule has 0 unspecified atom stereocenters. The van der Waals surface area contributed by atoms with Crippen LogP contribution in [0, 0.1) is 0 Å². The van der Waals surface area contributed by atoms with Gasteiger partial charge in [0.25, 0.3) is 0 Å². The first-order chi connectivity index (χ1) is 7.24. The Morgan fingerprint density at radius 1 is 1.33 bits per heavy atom. The zero-order chi connectivity index (χ0) is 11.1. The van der Waals surface area contributed by atoms with E-state index < -0.39 is 5.97 Å². The Morgan fingerprint density at radius 2 is 2.07 bits per heavy atom. The van der Waals surface area contributed by atoms with Gasteiger partial charge < -0.3 is 5.11 Å². The second kappa shape index (κ2) is 6.02. The van der Waals surface area contributed by atoms with Crippen LogP contribution in [0.4, 0.5) is 0 Å². The van der Waals surface area contributed by atoms with E-state index >= 15 is 0 Å². The summed E-state index contributed by atoms with van der Waals surface area (Å²) in [5.74, 6) is -0.716. The lowest BCUT2D eigenvalue weighted by Gasteiger charge is -2.04. The molecular weight excluding hydrogens is 188 g/mol. The largest absolute Gasteiger partial charge is 0.481 e. The van der Waals surface area contributed by atoms with Crippen LogP contribution in [-0.2, 0) is 11.2 Å². The van der Waals surface area contributed by atoms with Crippen molar-refractivity contribution in [3.8, 4) is 0 Å². The van der Waals surface area contributed by atoms with E-state index in [1.807, 2.05) is 24.3 Å². The number of aliphatic carboxylic acids is 1. The van der Waals surface area contributed by atoms with Gasteiger partial charge in [-0.3, -0.25) is 4.79 Å². The van der Waals surface area contributed by atoms with Crippen molar-refractivity contribution in [3.63, 3.8) is 0 Å². The SMILES string of the molecule is C=Cc1ccccc1CCCCC(=O)O. The van der Waals surface area contributed by atoms with Crippen molar-refractivity contribution in [2.75, 3.05) is 0 Å². The van der Waals surface area contributed by atoms with E-state index in [1.165, 1.54) is 5.56 Å². The number of hydrogen-bond acceptors (Lipinski definition) is 1. The van der Waals surface area contributed by atoms with Crippen molar-refractivity contribution in [2.45, 2.75) is 25.7 Å². The molecule has 80 valence electrons. The van der Waals surface area contributed by atoms with E-state index in [0.717, 1.165) is 24.8 Å². The lowest BCUT2D eigenvalue weighted by Crippen LogP contribution is -1.95. The standard InChI is InChI=1S/C13H16O2/c1-2-11-7-3-4-8-12(11)9-5-6-10-13(14)15/h2-4,7-8H,1,5-6,9-10H2,(H,14,15). The molecule has 1 rings (SSSR count). The van der Waals surface area contributed by atoms with Gasteiger partial charge in [0, 0.05) is 6.42 Å². The summed E-state index contributed by atoms with van der Waals surface area (Å²) in [4.78, 5) is 10.3. The fourth-order valence-corrected chi connectivity index (χ4v) is 1.55. The molecule has 0 atom stereocenters. The van der Waals surface area contributed by atoms with Crippen LogP contribution in [-0.4, -0.2) is 11.1 Å². The van der Waals surface area contributed by atoms with Gasteiger partial charge in [-0.25, -0.2) is 0 Å². The van der Waals surface area contributed by atoms with Gasteiger partial charge in [0.1, 0.15) is 0 Å². The zero-order valence-electron chi connectivity index (χ0n) is 8.78. The predicted molar refractivity (Wildman–Crippen MR) is 61.7 cm³/mol. The maximum Gasteiger partial charge on any atom is 0.303 e. The average molecular weight is 204 g/mol. The number of carboxylic acid groups (broad SMARTS) is 1. The average Bonchev–Trinajstić information content (AvgIpc) is 2.24. The van der Waals surface area contributed by atoms with Crippen LogP contribution in [0.15, 0.2) is 30.8 Å². The maximum absolute atomic E-state index is 10.3. The molecule has 0 aromatic heterocycles. The van der Waals surface area contributed by atoms with Gasteiger partial charge >= 0.3 is 5.97 Å². The third-order valence-electron chi connectivity index (χ3n) is 2.36. The number of carboxylic acids is 1. The molecule has 0 heterocycles. The zero-order valence-corrected chi connectivity index (χ0v) is 8.78. The molecular formula is C13H16O2. The Bertz CT molecular complexity index is 342. The molecule has 1 N–H and O–H groups in total. The van der Waals surface area contributed by atoms with E-state index in [4.69, 9.17) is 5.11 Å². The minimum Gasteiger partial charge on any atom is -0.481 e. The van der Waals surface area contributed by atoms with Crippen LogP contribution in [0.25, 0.3) is 6.08 Å². The van der Waals surface area contributed by atoms with Gasteiger partial charge in [-0.1, -0.05) is 36.9 Å². The van der Waals surface area contributed by atoms with Gasteiger partial charge in [0.15, 0.2) is 0 Å². The van der Waals surface area contributed by atoms with E-state index in [-0.39, 0.29) is 6.42 Å². The molecule has 0 saturated carbocycles. The molecule has 0 saturated heterocycles. The van der Waals surface area contributed by atoms with E-state index in [2.05, 4.69) is 12.6 Å². The van der Waals surface area contributed by atoms with Crippen LogP contribution in [0.3, 0.4) is 0 Å². The van der Waals surface area contributed by atoms with Crippen molar-refractivity contribution in [1.82, 2.24) is 0 Å². The molecule has 15 heavy (non-hydrogen) atoms. The maximum atomic E-state index is 10.3. The van der Waals surface area contributed by atoms with E-state index in [0.29, 0.717) is 0 Å². The Morgan fingerprint density at radius 3 is 2.73 bits per heavy atom. The molecule has 1 aromatic rings. The minimum atomic E-state index is -0.716. The lowest BCUT2D eigenvalue weighted by atomic mass is 10.0. The molecule has 2 heteroatoms. The first-order valence-corrected chi connectivity index (χ1v) is 5.16. The topological polar surface area (TPSA) is 37.3 Å². The summed E-state index contributed by atoms with van der Waals surface area (Å²) in [5, 5.41) is 8.50. The van der Waals surface area contributed by atoms with E-state index in [9.17, 15) is 4.79 Å². The third-order valence-corrected chi connectivity index (χ3v) is 2.36. The van der Waals surface area contributed by atoms with Crippen molar-refractivity contribution < 1.29 is 9.90 Å². The Balaban J connectivity index is 2.43. The monoisotopic (exact) mass is 204 g/mol. The van der Waals surface area contributed by atoms with Gasteiger partial charge in [-0.15, -0.1) is 0 Å². The quantitative estimate of drug-likeness (QED) is 0.723. The van der Waals surface area contributed by atoms with Gasteiger partial charge in [0.2, 0.25) is 0 Å². The Hall–Kier alpha value is -1.57. The van der Waals surface area contributed by atoms with Crippen LogP contribution in [0.1, 0.15) is 30.4 Å². The normalized spacial score (nSPS) is 9.87. The van der Waals surface area contributed by atoms with Crippen molar-refractivity contribution in [1.29, 1.82) is 0 Å². The molecule has 0 aliphatic carbocycles. The highest BCUT2D eigenvalue weighted by molar-refractivity contribution is 5.66. The molecule has 0 spiro atoms. The summed E-state index contributed by atoms with van der Waals surface area (Å²) in [6, 6.07) is 8.08. The van der Waals surface area contributed by atoms with Crippen LogP contribution >= 0.6 is 0 Å². The van der Waals surface area contributed by atoms with Gasteiger partial charge in [0.05, 0.1) is 0 Å². The molecule has 0 radical (unpaired) electrons. The number of benzene rings is 1. The van der Waals surface area contributed by atoms with Crippen LogP contribution < -0.4 is 0 Å². The molecule has 0 aliphatic heterocycles. The van der Waals surface area contributed by atoms with Crippen LogP contribution in [0.2, 0.25) is 0 Å². The molecule has 0 amide bonds. The third kappa shape index (κ3) is 3.98. The highest BCUT2D eigenvalue weighted by Gasteiger charge is 2.00. The fourth-order valence-electron chi connectivity index (χ4n) is 1.55. The summed E-state index contributed by atoms with van der Waals surface area (Å²) in [7, 11) is 0. The summed E-state index contributed by atoms with van der Waals surface area (Å²) >= 11 is 0. The fraction of sp³-hybridized carbons (Fsp3) is 0.308. The van der Waals surface area contributed by atoms with Crippen molar-refractivity contribution in [2.24, 2.45) is 0 Å². The number of carbonyl (C=O) groups is 1. The molecule has 0 bridgehead atoms. The summed E-state index contributed by atoms with van der Waals surface area (Å²) < 4.78 is 0. The predicted octanol–water partition coefficient (Wildman–Crippen LogP) is 3.13. The lowest BCUT2D eigenvalue weighted by molar-refractivity contribution is -0.137. The highest BCUT2D eigenvalue weighted by atomic mass is 16.4. The minimum absolute atomic E-state index is 0.260. The Labute approximate surface area is 90.3 Å². The van der Waals surface area contributed by atoms with E-state index in [1.54, 1.807) is 0 Å². The van der Waals surface area contributed by atoms with Gasteiger partial charge in [-0.05, 0) is 30.4 Å². The second-order valence-electron chi connectivity index (χ2n) is 3.50. The Kier molecular flexibility index (Phi) is 4.61. The number of rotatable bonds is 6. The van der Waals surface area contributed by atoms with Gasteiger partial charge in [-0.2, -0.15) is 0 Å². The summed E-state index contributed by atoms with van der Waals surface area (Å²) in [6.07, 6.45) is 4.68. The molecule has 0 aliphatic rings. The molecule has 2 nitrogen and oxygen atoms in total. The molecule has 1 aromatic carbocycles. The van der Waals surface area contributed by atoms with Crippen molar-refractivity contribution in [3.05, 3.63) is 42.0 Å². The summed E-state index contributed by atoms with van der Waals surface area (Å²) in [5.41, 5.74) is 2.39. The smallest absolute Gasteiger partial charge is 0.303 e. The number of hydrogen-bond donors (Lipinski definition) is 1. The first kappa shape index (κ1) is 11.5. The van der Waals surface area contributed by atoms with Crippen molar-refractivity contribution >= 4 is 12.0 Å². The number of aryl methyl sites for hydroxylation is 1. The molecule has 0 fully saturated rings. The highest BCUT2D eigenvalue weighted by Crippen LogP contribution is 2.13. The second-order valence-corrected chi connectivity index (χ2v) is 3.50. The number of unbranched alkanes of at least 4 members (excludes halogenated alkanes) is 1. The van der Waals surface area contributed by atoms with Crippen LogP contribution in [0.5, 0.6) is 0 Å². The first-order valence-electron chi connectivity index (χ1n) is 5.16.